The average Bonchev–Trinajstić information content (AvgIpc) is 3.77. The zero-order valence-electron chi connectivity index (χ0n) is 39.6. The minimum atomic E-state index is -0.121. The second-order valence-corrected chi connectivity index (χ2v) is 21.4. The number of aromatic amines is 2. The predicted octanol–water partition coefficient (Wildman–Crippen LogP) is 12.3. The quantitative estimate of drug-likeness (QED) is 0.113. The highest BCUT2D eigenvalue weighted by atomic mass is 16.5. The largest absolute Gasteiger partial charge is 0.493 e. The molecule has 0 aliphatic carbocycles. The highest BCUT2D eigenvalue weighted by Crippen LogP contribution is 2.45. The average molecular weight is 813 g/mol. The Morgan fingerprint density at radius 2 is 0.767 bits per heavy atom. The number of benzene rings is 4. The fourth-order valence-electron chi connectivity index (χ4n) is 7.83. The molecule has 0 atom stereocenters. The Kier molecular flexibility index (Phi) is 12.7. The molecule has 0 saturated carbocycles. The summed E-state index contributed by atoms with van der Waals surface area (Å²) in [6.07, 6.45) is 1.95. The number of hydrogen-bond donors (Lipinski definition) is 2. The highest BCUT2D eigenvalue weighted by molar-refractivity contribution is 5.89. The maximum atomic E-state index is 6.64. The van der Waals surface area contributed by atoms with E-state index in [9.17, 15) is 0 Å². The second-order valence-electron chi connectivity index (χ2n) is 21.4. The van der Waals surface area contributed by atoms with Gasteiger partial charge in [-0.2, -0.15) is 0 Å². The third-order valence-electron chi connectivity index (χ3n) is 11.2. The molecule has 0 aliphatic rings. The number of rotatable bonds is 13. The number of nitrogens with one attached hydrogen (secondary N) is 2. The van der Waals surface area contributed by atoms with Gasteiger partial charge in [0.15, 0.2) is 0 Å². The lowest BCUT2D eigenvalue weighted by Gasteiger charge is -2.30. The SMILES string of the molecule is CN(C)CCCOc1c(C(C)(C)C)cc(-c2nc3ccc(-c4ccc5nc(-c6cc(C(C)(C)C)c(OCCCN(C)C)c(C(C)(C)C)c6)[nH]c5c4)cc3[nH]2)cc1C(C)(C)C. The number of H-pyrrole nitrogens is 2. The lowest BCUT2D eigenvalue weighted by atomic mass is 9.78. The molecule has 0 saturated heterocycles. The van der Waals surface area contributed by atoms with Gasteiger partial charge in [0.1, 0.15) is 23.1 Å². The zero-order chi connectivity index (χ0) is 43.9. The molecule has 6 rings (SSSR count). The van der Waals surface area contributed by atoms with Crippen LogP contribution in [0.5, 0.6) is 11.5 Å². The fourth-order valence-corrected chi connectivity index (χ4v) is 7.83. The van der Waals surface area contributed by atoms with E-state index in [1.165, 1.54) is 22.3 Å². The Hall–Kier alpha value is -4.66. The van der Waals surface area contributed by atoms with Crippen molar-refractivity contribution in [3.63, 3.8) is 0 Å². The molecule has 322 valence electrons. The van der Waals surface area contributed by atoms with Crippen LogP contribution in [0, 0.1) is 0 Å². The number of ether oxygens (including phenoxy) is 2. The van der Waals surface area contributed by atoms with E-state index in [0.717, 1.165) is 93.4 Å². The molecule has 0 fully saturated rings. The van der Waals surface area contributed by atoms with Crippen LogP contribution in [0.4, 0.5) is 0 Å². The number of hydrogen-bond acceptors (Lipinski definition) is 6. The van der Waals surface area contributed by atoms with Gasteiger partial charge in [-0.25, -0.2) is 9.97 Å². The van der Waals surface area contributed by atoms with Crippen LogP contribution in [0.15, 0.2) is 60.7 Å². The van der Waals surface area contributed by atoms with Crippen molar-refractivity contribution in [3.05, 3.63) is 82.9 Å². The van der Waals surface area contributed by atoms with E-state index in [1.54, 1.807) is 0 Å². The molecule has 0 amide bonds. The third kappa shape index (κ3) is 10.3. The van der Waals surface area contributed by atoms with Gasteiger partial charge in [0, 0.05) is 46.5 Å². The molecule has 0 radical (unpaired) electrons. The minimum absolute atomic E-state index is 0.121. The summed E-state index contributed by atoms with van der Waals surface area (Å²) in [4.78, 5) is 22.1. The molecule has 0 unspecified atom stereocenters. The molecule has 60 heavy (non-hydrogen) atoms. The number of fused-ring (bicyclic) bond motifs is 2. The maximum absolute atomic E-state index is 6.64. The maximum Gasteiger partial charge on any atom is 0.138 e. The van der Waals surface area contributed by atoms with Gasteiger partial charge in [-0.05, 0) is 122 Å². The molecule has 2 heterocycles. The Morgan fingerprint density at radius 3 is 1.05 bits per heavy atom. The van der Waals surface area contributed by atoms with E-state index in [2.05, 4.69) is 192 Å². The molecular weight excluding hydrogens is 741 g/mol. The molecule has 0 spiro atoms. The van der Waals surface area contributed by atoms with E-state index >= 15 is 0 Å². The molecule has 0 aliphatic heterocycles. The van der Waals surface area contributed by atoms with Crippen molar-refractivity contribution in [2.75, 3.05) is 54.5 Å². The van der Waals surface area contributed by atoms with E-state index in [1.807, 2.05) is 0 Å². The van der Waals surface area contributed by atoms with Crippen LogP contribution in [0.25, 0.3) is 56.0 Å². The van der Waals surface area contributed by atoms with Gasteiger partial charge in [0.05, 0.1) is 35.3 Å². The molecule has 6 aromatic rings. The lowest BCUT2D eigenvalue weighted by molar-refractivity contribution is 0.270. The smallest absolute Gasteiger partial charge is 0.138 e. The summed E-state index contributed by atoms with van der Waals surface area (Å²) in [5.41, 5.74) is 12.6. The summed E-state index contributed by atoms with van der Waals surface area (Å²) < 4.78 is 13.3. The lowest BCUT2D eigenvalue weighted by Crippen LogP contribution is -2.21. The number of aromatic nitrogens is 4. The van der Waals surface area contributed by atoms with Crippen LogP contribution in [0.3, 0.4) is 0 Å². The Labute approximate surface area is 360 Å². The van der Waals surface area contributed by atoms with Gasteiger partial charge in [-0.1, -0.05) is 95.2 Å². The van der Waals surface area contributed by atoms with Crippen LogP contribution in [-0.2, 0) is 21.7 Å². The van der Waals surface area contributed by atoms with E-state index in [4.69, 9.17) is 19.4 Å². The van der Waals surface area contributed by atoms with Crippen molar-refractivity contribution in [2.45, 2.75) is 118 Å². The molecule has 2 aromatic heterocycles. The van der Waals surface area contributed by atoms with Crippen molar-refractivity contribution in [2.24, 2.45) is 0 Å². The van der Waals surface area contributed by atoms with Crippen LogP contribution >= 0.6 is 0 Å². The van der Waals surface area contributed by atoms with Gasteiger partial charge < -0.3 is 29.2 Å². The van der Waals surface area contributed by atoms with E-state index < -0.39 is 0 Å². The molecule has 8 heteroatoms. The van der Waals surface area contributed by atoms with Gasteiger partial charge in [-0.3, -0.25) is 0 Å². The summed E-state index contributed by atoms with van der Waals surface area (Å²) in [5, 5.41) is 0. The first kappa shape index (κ1) is 44.9. The van der Waals surface area contributed by atoms with Crippen LogP contribution < -0.4 is 9.47 Å². The van der Waals surface area contributed by atoms with E-state index in [-0.39, 0.29) is 21.7 Å². The van der Waals surface area contributed by atoms with Gasteiger partial charge >= 0.3 is 0 Å². The first-order valence-corrected chi connectivity index (χ1v) is 21.8. The summed E-state index contributed by atoms with van der Waals surface area (Å²) in [6, 6.07) is 22.1. The standard InChI is InChI=1S/C52H72N6O2/c1-49(2,3)37-27-35(28-38(50(4,5)6)45(37)59-25-17-23-57(13)14)47-53-41-21-19-33(31-43(41)55-47)34-20-22-42-44(32-34)56-48(54-42)36-29-39(51(7,8)9)46(40(30-36)52(10,11)12)60-26-18-24-58(15)16/h19-22,27-32H,17-18,23-26H2,1-16H3,(H,53,55)(H,54,56). The monoisotopic (exact) mass is 813 g/mol. The first-order valence-electron chi connectivity index (χ1n) is 21.8. The third-order valence-corrected chi connectivity index (χ3v) is 11.2. The molecular formula is C52H72N6O2. The summed E-state index contributed by atoms with van der Waals surface area (Å²) in [7, 11) is 8.43. The first-order chi connectivity index (χ1) is 27.9. The molecule has 0 bridgehead atoms. The van der Waals surface area contributed by atoms with Gasteiger partial charge in [0.25, 0.3) is 0 Å². The summed E-state index contributed by atoms with van der Waals surface area (Å²) in [5.74, 6) is 3.74. The Balaban J connectivity index is 1.35. The van der Waals surface area contributed by atoms with Crippen LogP contribution in [0.1, 0.15) is 118 Å². The molecule has 2 N–H and O–H groups in total. The molecule has 4 aromatic carbocycles. The van der Waals surface area contributed by atoms with Gasteiger partial charge in [-0.15, -0.1) is 0 Å². The van der Waals surface area contributed by atoms with E-state index in [0.29, 0.717) is 13.2 Å². The van der Waals surface area contributed by atoms with Crippen molar-refractivity contribution in [3.8, 4) is 45.4 Å². The Bertz CT molecular complexity index is 2200. The van der Waals surface area contributed by atoms with Crippen molar-refractivity contribution in [1.82, 2.24) is 29.7 Å². The predicted molar refractivity (Wildman–Crippen MR) is 254 cm³/mol. The summed E-state index contributed by atoms with van der Waals surface area (Å²) in [6.45, 7) is 30.5. The van der Waals surface area contributed by atoms with Crippen LogP contribution in [-0.4, -0.2) is 84.2 Å². The zero-order valence-corrected chi connectivity index (χ0v) is 39.6. The van der Waals surface area contributed by atoms with Crippen molar-refractivity contribution in [1.29, 1.82) is 0 Å². The van der Waals surface area contributed by atoms with Crippen molar-refractivity contribution >= 4 is 22.1 Å². The van der Waals surface area contributed by atoms with Crippen LogP contribution in [0.2, 0.25) is 0 Å². The second kappa shape index (κ2) is 17.0. The minimum Gasteiger partial charge on any atom is -0.493 e. The number of nitrogens with zero attached hydrogens (tertiary/aromatic N) is 4. The fraction of sp³-hybridized carbons (Fsp3) is 0.500. The summed E-state index contributed by atoms with van der Waals surface area (Å²) >= 11 is 0. The Morgan fingerprint density at radius 1 is 0.450 bits per heavy atom. The van der Waals surface area contributed by atoms with Gasteiger partial charge in [0.2, 0.25) is 0 Å². The topological polar surface area (TPSA) is 82.3 Å². The number of imidazole rings is 2. The normalized spacial score (nSPS) is 13.0. The highest BCUT2D eigenvalue weighted by Gasteiger charge is 2.30. The van der Waals surface area contributed by atoms with Crippen molar-refractivity contribution < 1.29 is 9.47 Å². The molecule has 8 nitrogen and oxygen atoms in total.